The van der Waals surface area contributed by atoms with Crippen LogP contribution >= 0.6 is 0 Å². The van der Waals surface area contributed by atoms with E-state index in [1.807, 2.05) is 41.9 Å². The van der Waals surface area contributed by atoms with Gasteiger partial charge < -0.3 is 9.22 Å². The van der Waals surface area contributed by atoms with Crippen molar-refractivity contribution in [1.82, 2.24) is 0 Å². The fourth-order valence-corrected chi connectivity index (χ4v) is 0.828. The molecule has 2 N–H and O–H groups in total. The van der Waals surface area contributed by atoms with Crippen LogP contribution in [0.25, 0.3) is 0 Å². The predicted octanol–water partition coefficient (Wildman–Crippen LogP) is 0.709. The lowest BCUT2D eigenvalue weighted by molar-refractivity contribution is -0.895. The lowest BCUT2D eigenvalue weighted by atomic mass is 10.2. The van der Waals surface area contributed by atoms with Crippen molar-refractivity contribution < 1.29 is 14.0 Å². The zero-order valence-electron chi connectivity index (χ0n) is 10.1. The van der Waals surface area contributed by atoms with E-state index in [2.05, 4.69) is 0 Å². The molecule has 0 radical (unpaired) electrons. The molecule has 1 atom stereocenters. The van der Waals surface area contributed by atoms with Gasteiger partial charge in [0.2, 0.25) is 0 Å². The fraction of sp³-hybridized carbons (Fsp3) is 0.900. The maximum absolute atomic E-state index is 11.4. The zero-order chi connectivity index (χ0) is 11.6. The standard InChI is InChI=1S/C10H23N2O2/c1-10(2,3)14-9(13)7-8(11)12(4,5)6/h8H,7,11H2,1-6H3/q+1. The molecule has 0 aliphatic heterocycles. The van der Waals surface area contributed by atoms with Crippen molar-refractivity contribution >= 4 is 5.97 Å². The van der Waals surface area contributed by atoms with Crippen molar-refractivity contribution in [3.05, 3.63) is 0 Å². The first-order chi connectivity index (χ1) is 6.02. The molecule has 1 unspecified atom stereocenters. The molecule has 0 amide bonds. The van der Waals surface area contributed by atoms with Crippen LogP contribution in [0.1, 0.15) is 27.2 Å². The zero-order valence-corrected chi connectivity index (χ0v) is 10.1. The molecule has 0 bridgehead atoms. The number of rotatable bonds is 3. The van der Waals surface area contributed by atoms with Crippen LogP contribution in [0.5, 0.6) is 0 Å². The maximum atomic E-state index is 11.4. The van der Waals surface area contributed by atoms with Crippen molar-refractivity contribution in [3.8, 4) is 0 Å². The van der Waals surface area contributed by atoms with Crippen molar-refractivity contribution in [2.45, 2.75) is 39.0 Å². The Hall–Kier alpha value is -0.610. The molecule has 0 aliphatic carbocycles. The molecule has 14 heavy (non-hydrogen) atoms. The largest absolute Gasteiger partial charge is 0.460 e. The molecular formula is C10H23N2O2+. The summed E-state index contributed by atoms with van der Waals surface area (Å²) in [7, 11) is 5.86. The Labute approximate surface area is 86.6 Å². The van der Waals surface area contributed by atoms with Crippen LogP contribution in [-0.4, -0.2) is 43.4 Å². The molecule has 0 rings (SSSR count). The second-order valence-electron chi connectivity index (χ2n) is 5.47. The van der Waals surface area contributed by atoms with Crippen LogP contribution < -0.4 is 5.73 Å². The highest BCUT2D eigenvalue weighted by Crippen LogP contribution is 2.10. The fourth-order valence-electron chi connectivity index (χ4n) is 0.828. The quantitative estimate of drug-likeness (QED) is 0.417. The minimum atomic E-state index is -0.429. The number of nitrogens with two attached hydrogens (primary N) is 1. The van der Waals surface area contributed by atoms with Gasteiger partial charge in [-0.1, -0.05) is 0 Å². The third kappa shape index (κ3) is 5.94. The molecule has 84 valence electrons. The molecule has 0 aliphatic rings. The number of carbonyl (C=O) groups is 1. The molecule has 0 aromatic heterocycles. The highest BCUT2D eigenvalue weighted by Gasteiger charge is 2.25. The molecule has 0 aromatic carbocycles. The van der Waals surface area contributed by atoms with Gasteiger partial charge in [0, 0.05) is 0 Å². The first kappa shape index (κ1) is 13.4. The van der Waals surface area contributed by atoms with Crippen LogP contribution in [0.4, 0.5) is 0 Å². The average Bonchev–Trinajstić information content (AvgIpc) is 1.79. The third-order valence-corrected chi connectivity index (χ3v) is 1.79. The molecule has 0 spiro atoms. The molecule has 0 heterocycles. The number of ether oxygens (including phenoxy) is 1. The summed E-state index contributed by atoms with van der Waals surface area (Å²) in [5.74, 6) is -0.238. The van der Waals surface area contributed by atoms with Gasteiger partial charge in [0.25, 0.3) is 0 Å². The molecular weight excluding hydrogens is 180 g/mol. The van der Waals surface area contributed by atoms with Gasteiger partial charge in [-0.05, 0) is 20.8 Å². The first-order valence-corrected chi connectivity index (χ1v) is 4.81. The smallest absolute Gasteiger partial charge is 0.313 e. The third-order valence-electron chi connectivity index (χ3n) is 1.79. The number of carbonyl (C=O) groups excluding carboxylic acids is 1. The van der Waals surface area contributed by atoms with Gasteiger partial charge >= 0.3 is 5.97 Å². The van der Waals surface area contributed by atoms with Gasteiger partial charge in [-0.15, -0.1) is 0 Å². The molecule has 0 saturated heterocycles. The summed E-state index contributed by atoms with van der Waals surface area (Å²) in [6.07, 6.45) is 0.0330. The SMILES string of the molecule is CC(C)(C)OC(=O)CC(N)[N+](C)(C)C. The Bertz CT molecular complexity index is 201. The van der Waals surface area contributed by atoms with Gasteiger partial charge in [0.15, 0.2) is 0 Å². The lowest BCUT2D eigenvalue weighted by Gasteiger charge is -2.31. The Morgan fingerprint density at radius 3 is 2.07 bits per heavy atom. The first-order valence-electron chi connectivity index (χ1n) is 4.81. The van der Waals surface area contributed by atoms with E-state index in [0.717, 1.165) is 0 Å². The van der Waals surface area contributed by atoms with E-state index in [4.69, 9.17) is 10.5 Å². The topological polar surface area (TPSA) is 52.3 Å². The molecule has 0 saturated carbocycles. The number of hydrogen-bond donors (Lipinski definition) is 1. The van der Waals surface area contributed by atoms with E-state index in [-0.39, 0.29) is 18.6 Å². The second-order valence-corrected chi connectivity index (χ2v) is 5.47. The van der Waals surface area contributed by atoms with E-state index in [0.29, 0.717) is 4.48 Å². The number of esters is 1. The summed E-state index contributed by atoms with van der Waals surface area (Å²) in [6.45, 7) is 5.55. The number of nitrogens with zero attached hydrogens (tertiary/aromatic N) is 1. The van der Waals surface area contributed by atoms with Crippen LogP contribution in [0.2, 0.25) is 0 Å². The Morgan fingerprint density at radius 2 is 1.79 bits per heavy atom. The van der Waals surface area contributed by atoms with Crippen LogP contribution in [-0.2, 0) is 9.53 Å². The van der Waals surface area contributed by atoms with Crippen LogP contribution in [0.3, 0.4) is 0 Å². The maximum Gasteiger partial charge on any atom is 0.313 e. The summed E-state index contributed by atoms with van der Waals surface area (Å²) in [4.78, 5) is 11.4. The van der Waals surface area contributed by atoms with Crippen molar-refractivity contribution in [2.75, 3.05) is 21.1 Å². The summed E-state index contributed by atoms with van der Waals surface area (Å²) in [5, 5.41) is 0. The highest BCUT2D eigenvalue weighted by atomic mass is 16.6. The van der Waals surface area contributed by atoms with Gasteiger partial charge in [0.05, 0.1) is 21.1 Å². The lowest BCUT2D eigenvalue weighted by Crippen LogP contribution is -2.52. The predicted molar refractivity (Wildman–Crippen MR) is 56.5 cm³/mol. The summed E-state index contributed by atoms with van der Waals surface area (Å²) in [6, 6.07) is 0. The van der Waals surface area contributed by atoms with E-state index in [1.165, 1.54) is 0 Å². The molecule has 0 aromatic rings. The summed E-state index contributed by atoms with van der Waals surface area (Å²) >= 11 is 0. The minimum absolute atomic E-state index is 0.218. The minimum Gasteiger partial charge on any atom is -0.460 e. The monoisotopic (exact) mass is 203 g/mol. The molecule has 4 nitrogen and oxygen atoms in total. The number of hydrogen-bond acceptors (Lipinski definition) is 3. The average molecular weight is 203 g/mol. The molecule has 0 fully saturated rings. The van der Waals surface area contributed by atoms with E-state index < -0.39 is 5.60 Å². The van der Waals surface area contributed by atoms with E-state index in [9.17, 15) is 4.79 Å². The van der Waals surface area contributed by atoms with Crippen molar-refractivity contribution in [1.29, 1.82) is 0 Å². The normalized spacial score (nSPS) is 15.1. The Kier molecular flexibility index (Phi) is 4.09. The van der Waals surface area contributed by atoms with Gasteiger partial charge in [-0.2, -0.15) is 0 Å². The van der Waals surface area contributed by atoms with Gasteiger partial charge in [-0.25, -0.2) is 0 Å². The van der Waals surface area contributed by atoms with Crippen molar-refractivity contribution in [3.63, 3.8) is 0 Å². The van der Waals surface area contributed by atoms with Crippen LogP contribution in [0.15, 0.2) is 0 Å². The second kappa shape index (κ2) is 4.28. The van der Waals surface area contributed by atoms with Crippen molar-refractivity contribution in [2.24, 2.45) is 5.73 Å². The summed E-state index contributed by atoms with van der Waals surface area (Å²) in [5.41, 5.74) is 5.41. The Morgan fingerprint density at radius 1 is 1.36 bits per heavy atom. The van der Waals surface area contributed by atoms with E-state index >= 15 is 0 Å². The Balaban J connectivity index is 4.09. The summed E-state index contributed by atoms with van der Waals surface area (Å²) < 4.78 is 5.73. The van der Waals surface area contributed by atoms with Gasteiger partial charge in [-0.3, -0.25) is 10.5 Å². The highest BCUT2D eigenvalue weighted by molar-refractivity contribution is 5.70. The van der Waals surface area contributed by atoms with E-state index in [1.54, 1.807) is 0 Å². The molecule has 4 heteroatoms. The number of quaternary nitrogens is 1. The van der Waals surface area contributed by atoms with Gasteiger partial charge in [0.1, 0.15) is 18.2 Å². The van der Waals surface area contributed by atoms with Crippen LogP contribution in [0, 0.1) is 0 Å².